The normalized spacial score (nSPS) is 7.67. The van der Waals surface area contributed by atoms with Crippen molar-refractivity contribution in [2.24, 2.45) is 0 Å². The van der Waals surface area contributed by atoms with Crippen LogP contribution in [-0.4, -0.2) is 4.99 Å². The van der Waals surface area contributed by atoms with Crippen LogP contribution in [0.1, 0.15) is 6.92 Å². The van der Waals surface area contributed by atoms with E-state index in [2.05, 4.69) is 21.3 Å². The average Bonchev–Trinajstić information content (AvgIpc) is 1.35. The molecule has 0 saturated carbocycles. The zero-order valence-corrected chi connectivity index (χ0v) is 6.26. The molecule has 0 atom stereocenters. The summed E-state index contributed by atoms with van der Waals surface area (Å²) < 4.78 is 2.65. The largest absolute Gasteiger partial charge is 0.307 e. The van der Waals surface area contributed by atoms with Crippen molar-refractivity contribution in [3.8, 4) is 0 Å². The molecule has 0 amide bonds. The summed E-state index contributed by atoms with van der Waals surface area (Å²) in [6.45, 7) is 1.81. The standard InChI is InChI=1S/C2H5IN2S/c1-2(6)4-5-3/h5H,1H3,(H,4,6). The van der Waals surface area contributed by atoms with Gasteiger partial charge in [0.05, 0.1) is 4.99 Å². The molecule has 0 aromatic rings. The highest BCUT2D eigenvalue weighted by Crippen LogP contribution is 1.64. The van der Waals surface area contributed by atoms with Crippen molar-refractivity contribution in [1.82, 2.24) is 9.06 Å². The fourth-order valence-corrected chi connectivity index (χ4v) is 0.705. The Labute approximate surface area is 56.2 Å². The molecule has 0 spiro atoms. The van der Waals surface area contributed by atoms with Crippen LogP contribution in [0, 0.1) is 0 Å². The number of hydrazine groups is 1. The lowest BCUT2D eigenvalue weighted by Crippen LogP contribution is -2.25. The fourth-order valence-electron chi connectivity index (χ4n) is 0.0665. The van der Waals surface area contributed by atoms with Gasteiger partial charge in [-0.15, -0.1) is 0 Å². The van der Waals surface area contributed by atoms with Crippen LogP contribution in [0.5, 0.6) is 0 Å². The lowest BCUT2D eigenvalue weighted by atomic mass is 10.8. The minimum atomic E-state index is 0.754. The van der Waals surface area contributed by atoms with Crippen molar-refractivity contribution in [3.63, 3.8) is 0 Å². The van der Waals surface area contributed by atoms with Gasteiger partial charge in [0.2, 0.25) is 0 Å². The minimum Gasteiger partial charge on any atom is -0.307 e. The third-order valence-corrected chi connectivity index (χ3v) is 0.595. The van der Waals surface area contributed by atoms with Crippen LogP contribution in [0.2, 0.25) is 0 Å². The van der Waals surface area contributed by atoms with Crippen LogP contribution in [-0.2, 0) is 0 Å². The van der Waals surface area contributed by atoms with Crippen molar-refractivity contribution in [3.05, 3.63) is 0 Å². The molecular weight excluding hydrogens is 211 g/mol. The predicted octanol–water partition coefficient (Wildman–Crippen LogP) is 0.778. The Bertz CT molecular complexity index is 55.5. The molecule has 0 aromatic carbocycles. The van der Waals surface area contributed by atoms with E-state index < -0.39 is 0 Å². The van der Waals surface area contributed by atoms with Gasteiger partial charge in [0.15, 0.2) is 0 Å². The second kappa shape index (κ2) is 3.76. The lowest BCUT2D eigenvalue weighted by molar-refractivity contribution is 0.977. The topological polar surface area (TPSA) is 24.1 Å². The van der Waals surface area contributed by atoms with Crippen LogP contribution in [0.3, 0.4) is 0 Å². The summed E-state index contributed by atoms with van der Waals surface area (Å²) >= 11 is 6.57. The molecule has 0 saturated heterocycles. The summed E-state index contributed by atoms with van der Waals surface area (Å²) in [7, 11) is 0. The van der Waals surface area contributed by atoms with E-state index in [4.69, 9.17) is 0 Å². The van der Waals surface area contributed by atoms with Gasteiger partial charge in [0, 0.05) is 22.9 Å². The van der Waals surface area contributed by atoms with E-state index >= 15 is 0 Å². The van der Waals surface area contributed by atoms with Crippen LogP contribution >= 0.6 is 35.1 Å². The highest BCUT2D eigenvalue weighted by atomic mass is 127. The number of thiocarbonyl (C=S) groups is 1. The number of rotatable bonds is 1. The molecule has 0 bridgehead atoms. The van der Waals surface area contributed by atoms with Gasteiger partial charge in [0.25, 0.3) is 0 Å². The quantitative estimate of drug-likeness (QED) is 0.293. The molecule has 0 fully saturated rings. The summed E-state index contributed by atoms with van der Waals surface area (Å²) in [5, 5.41) is 0. The lowest BCUT2D eigenvalue weighted by Gasteiger charge is -1.93. The molecule has 6 heavy (non-hydrogen) atoms. The fraction of sp³-hybridized carbons (Fsp3) is 0.500. The molecule has 0 aliphatic carbocycles. The van der Waals surface area contributed by atoms with E-state index in [-0.39, 0.29) is 0 Å². The first-order chi connectivity index (χ1) is 2.77. The van der Waals surface area contributed by atoms with E-state index in [9.17, 15) is 0 Å². The zero-order chi connectivity index (χ0) is 4.99. The van der Waals surface area contributed by atoms with Gasteiger partial charge in [-0.25, -0.2) is 0 Å². The van der Waals surface area contributed by atoms with Gasteiger partial charge >= 0.3 is 0 Å². The third-order valence-electron chi connectivity index (χ3n) is 0.223. The van der Waals surface area contributed by atoms with E-state index in [0.717, 1.165) is 4.99 Å². The molecule has 0 aliphatic heterocycles. The SMILES string of the molecule is CC(=S)NNI. The van der Waals surface area contributed by atoms with E-state index in [1.165, 1.54) is 0 Å². The van der Waals surface area contributed by atoms with Gasteiger partial charge in [0.1, 0.15) is 0 Å². The Balaban J connectivity index is 2.83. The molecule has 0 aromatic heterocycles. The summed E-state index contributed by atoms with van der Waals surface area (Å²) in [6, 6.07) is 0. The number of hydrogen-bond donors (Lipinski definition) is 2. The van der Waals surface area contributed by atoms with E-state index in [0.29, 0.717) is 0 Å². The maximum absolute atomic E-state index is 4.62. The highest BCUT2D eigenvalue weighted by Gasteiger charge is 1.73. The summed E-state index contributed by atoms with van der Waals surface area (Å²) in [6.07, 6.45) is 0. The van der Waals surface area contributed by atoms with Crippen LogP contribution in [0.15, 0.2) is 0 Å². The summed E-state index contributed by atoms with van der Waals surface area (Å²) in [4.78, 5) is 0.754. The molecule has 4 heteroatoms. The Morgan fingerprint density at radius 1 is 1.83 bits per heavy atom. The van der Waals surface area contributed by atoms with Gasteiger partial charge in [-0.2, -0.15) is 3.64 Å². The van der Waals surface area contributed by atoms with Crippen molar-refractivity contribution in [2.45, 2.75) is 6.92 Å². The first-order valence-corrected chi connectivity index (χ1v) is 2.88. The molecule has 0 heterocycles. The molecule has 2 N–H and O–H groups in total. The predicted molar refractivity (Wildman–Crippen MR) is 38.6 cm³/mol. The van der Waals surface area contributed by atoms with Crippen LogP contribution in [0.25, 0.3) is 0 Å². The first kappa shape index (κ1) is 6.58. The van der Waals surface area contributed by atoms with Gasteiger partial charge < -0.3 is 5.43 Å². The molecular formula is C2H5IN2S. The Morgan fingerprint density at radius 3 is 2.33 bits per heavy atom. The zero-order valence-electron chi connectivity index (χ0n) is 3.29. The number of nitrogens with one attached hydrogen (secondary N) is 2. The van der Waals surface area contributed by atoms with Gasteiger partial charge in [-0.3, -0.25) is 0 Å². The first-order valence-electron chi connectivity index (χ1n) is 1.39. The Kier molecular flexibility index (Phi) is 4.12. The number of halogens is 1. The van der Waals surface area contributed by atoms with Gasteiger partial charge in [-0.05, 0) is 6.92 Å². The van der Waals surface area contributed by atoms with E-state index in [1.807, 2.05) is 22.9 Å². The van der Waals surface area contributed by atoms with Crippen molar-refractivity contribution >= 4 is 40.1 Å². The van der Waals surface area contributed by atoms with Crippen LogP contribution < -0.4 is 9.06 Å². The molecule has 2 nitrogen and oxygen atoms in total. The second-order valence-electron chi connectivity index (χ2n) is 0.776. The maximum Gasteiger partial charge on any atom is 0.0870 e. The Hall–Kier alpha value is 0.580. The summed E-state index contributed by atoms with van der Waals surface area (Å²) in [5.41, 5.74) is 2.68. The monoisotopic (exact) mass is 216 g/mol. The Morgan fingerprint density at radius 2 is 2.33 bits per heavy atom. The smallest absolute Gasteiger partial charge is 0.0870 e. The molecule has 0 rings (SSSR count). The van der Waals surface area contributed by atoms with Crippen LogP contribution in [0.4, 0.5) is 0 Å². The second-order valence-corrected chi connectivity index (χ2v) is 1.93. The highest BCUT2D eigenvalue weighted by molar-refractivity contribution is 14.1. The molecule has 0 radical (unpaired) electrons. The third kappa shape index (κ3) is 4.58. The molecule has 0 aliphatic rings. The summed E-state index contributed by atoms with van der Waals surface area (Å²) in [5.74, 6) is 0. The van der Waals surface area contributed by atoms with Crippen molar-refractivity contribution in [1.29, 1.82) is 0 Å². The minimum absolute atomic E-state index is 0.754. The number of hydrogen-bond acceptors (Lipinski definition) is 2. The molecule has 0 unspecified atom stereocenters. The average molecular weight is 216 g/mol. The molecule has 36 valence electrons. The van der Waals surface area contributed by atoms with Crippen molar-refractivity contribution < 1.29 is 0 Å². The maximum atomic E-state index is 4.62. The van der Waals surface area contributed by atoms with Gasteiger partial charge in [-0.1, -0.05) is 12.2 Å². The van der Waals surface area contributed by atoms with Crippen molar-refractivity contribution in [2.75, 3.05) is 0 Å². The van der Waals surface area contributed by atoms with E-state index in [1.54, 1.807) is 6.92 Å².